The lowest BCUT2D eigenvalue weighted by Gasteiger charge is -2.28. The normalized spacial score (nSPS) is 14.6. The maximum atomic E-state index is 14.2. The molecule has 35 heteroatoms. The second kappa shape index (κ2) is 36.2. The molecule has 34 nitrogen and oxygen atoms in total. The van der Waals surface area contributed by atoms with E-state index in [4.69, 9.17) is 27.0 Å². The van der Waals surface area contributed by atoms with Crippen LogP contribution >= 0.6 is 7.82 Å². The molecule has 0 aliphatic carbocycles. The van der Waals surface area contributed by atoms with Gasteiger partial charge in [-0.2, -0.15) is 0 Å². The zero-order chi connectivity index (χ0) is 65.9. The number of phosphoric ester groups is 1. The molecule has 2 aromatic carbocycles. The second-order valence-electron chi connectivity index (χ2n) is 20.4. The van der Waals surface area contributed by atoms with Crippen LogP contribution in [0.5, 0.6) is 11.5 Å². The van der Waals surface area contributed by atoms with Gasteiger partial charge in [0.2, 0.25) is 65.0 Å². The molecule has 10 atom stereocenters. The Balaban J connectivity index is 2.38. The highest BCUT2D eigenvalue weighted by Gasteiger charge is 2.36. The van der Waals surface area contributed by atoms with Crippen molar-refractivity contribution in [2.24, 2.45) is 23.1 Å². The Kier molecular flexibility index (Phi) is 30.9. The number of hydrogen-bond donors (Lipinski definition) is 19. The van der Waals surface area contributed by atoms with Gasteiger partial charge in [-0.1, -0.05) is 38.1 Å². The molecule has 0 radical (unpaired) electrons. The molecule has 0 bridgehead atoms. The lowest BCUT2D eigenvalue weighted by molar-refractivity contribution is -0.139. The number of hydrogen-bond acceptors (Lipinski definition) is 19. The van der Waals surface area contributed by atoms with E-state index in [1.54, 1.807) is 0 Å². The summed E-state index contributed by atoms with van der Waals surface area (Å²) in [5, 5.41) is 62.0. The van der Waals surface area contributed by atoms with Gasteiger partial charge in [-0.05, 0) is 94.3 Å². The molecule has 0 heterocycles. The number of aliphatic carboxylic acids is 2. The van der Waals surface area contributed by atoms with E-state index in [0.29, 0.717) is 12.0 Å². The van der Waals surface area contributed by atoms with Crippen LogP contribution in [-0.2, 0) is 79.7 Å². The number of phenols is 1. The number of benzene rings is 2. The van der Waals surface area contributed by atoms with E-state index in [0.717, 1.165) is 12.1 Å². The predicted octanol–water partition coefficient (Wildman–Crippen LogP) is -5.88. The van der Waals surface area contributed by atoms with Gasteiger partial charge in [0.25, 0.3) is 0 Å². The van der Waals surface area contributed by atoms with Crippen LogP contribution in [0.25, 0.3) is 0 Å². The highest BCUT2D eigenvalue weighted by molar-refractivity contribution is 7.46. The van der Waals surface area contributed by atoms with Crippen LogP contribution in [0.15, 0.2) is 48.5 Å². The predicted molar refractivity (Wildman–Crippen MR) is 303 cm³/mol. The molecule has 0 unspecified atom stereocenters. The summed E-state index contributed by atoms with van der Waals surface area (Å²) in [4.78, 5) is 189. The Morgan fingerprint density at radius 2 is 1.01 bits per heavy atom. The van der Waals surface area contributed by atoms with Gasteiger partial charge in [-0.15, -0.1) is 0 Å². The number of aliphatic hydroxyl groups is 1. The number of aliphatic hydroxyl groups excluding tert-OH is 1. The Morgan fingerprint density at radius 3 is 1.53 bits per heavy atom. The minimum Gasteiger partial charge on any atom is -0.508 e. The highest BCUT2D eigenvalue weighted by atomic mass is 31.2. The van der Waals surface area contributed by atoms with E-state index in [9.17, 15) is 87.3 Å². The number of phosphoric acid groups is 1. The summed E-state index contributed by atoms with van der Waals surface area (Å²) in [6.07, 6.45) is -3.84. The molecule has 2 aromatic rings. The number of carbonyl (C=O) groups excluding carboxylic acids is 11. The van der Waals surface area contributed by atoms with Crippen molar-refractivity contribution in [3.8, 4) is 11.5 Å². The average molecular weight is 1250 g/mol. The molecule has 0 saturated heterocycles. The standard InChI is InChI=1S/C52H78N13O21P/c1-25(2)42(51(81)63-35(47(77)57-24-41(72)73)20-30-11-15-32(16-12-30)86-87(83,84)85)64-50(80)37(22-38(55)68)62-49(79)36(21-29-9-13-31(67)14-10-29)59-39(69)23-56-46(76)34(17-18-40(70)71)61-48(78)33(8-6-7-19-53)60-45(75)27(4)58-52(82)43(28(5)66)65-44(74)26(3)54/h9-16,25-28,33-37,42-43,66-67H,6-8,17-24,53-54H2,1-5H3,(H2,55,68)(H,56,76)(H,57,77)(H,58,82)(H,59,69)(H,60,75)(H,61,78)(H,62,79)(H,63,81)(H,64,80)(H,65,74)(H,70,71)(H,72,73)(H2,83,84,85)/t26-,27-,28+,33-,34-,35-,36-,37-,42-,43-/m0/s1. The maximum absolute atomic E-state index is 14.2. The van der Waals surface area contributed by atoms with Crippen molar-refractivity contribution in [2.75, 3.05) is 19.6 Å². The van der Waals surface area contributed by atoms with Crippen LogP contribution in [0, 0.1) is 5.92 Å². The van der Waals surface area contributed by atoms with Gasteiger partial charge in [0.05, 0.1) is 25.1 Å². The van der Waals surface area contributed by atoms with Crippen LogP contribution in [-0.4, -0.2) is 187 Å². The Labute approximate surface area is 498 Å². The molecule has 2 rings (SSSR count). The van der Waals surface area contributed by atoms with E-state index < -0.39 is 183 Å². The van der Waals surface area contributed by atoms with Crippen molar-refractivity contribution in [3.05, 3.63) is 59.7 Å². The van der Waals surface area contributed by atoms with Crippen LogP contribution in [0.4, 0.5) is 0 Å². The first kappa shape index (κ1) is 74.3. The fraction of sp³-hybridized carbons (Fsp3) is 0.519. The van der Waals surface area contributed by atoms with Crippen LogP contribution in [0.1, 0.15) is 84.3 Å². The topological polar surface area (TPSA) is 568 Å². The molecular weight excluding hydrogens is 1170 g/mol. The van der Waals surface area contributed by atoms with Gasteiger partial charge < -0.3 is 95.3 Å². The number of primary amides is 1. The van der Waals surface area contributed by atoms with Gasteiger partial charge in [0.1, 0.15) is 66.4 Å². The van der Waals surface area contributed by atoms with E-state index in [1.807, 2.05) is 0 Å². The number of carboxylic acid groups (broad SMARTS) is 2. The zero-order valence-electron chi connectivity index (χ0n) is 48.2. The summed E-state index contributed by atoms with van der Waals surface area (Å²) in [6.45, 7) is 5.05. The van der Waals surface area contributed by atoms with Crippen LogP contribution in [0.3, 0.4) is 0 Å². The molecule has 87 heavy (non-hydrogen) atoms. The van der Waals surface area contributed by atoms with Gasteiger partial charge in [-0.25, -0.2) is 4.57 Å². The summed E-state index contributed by atoms with van der Waals surface area (Å²) in [5.74, 6) is -15.5. The van der Waals surface area contributed by atoms with Gasteiger partial charge >= 0.3 is 19.8 Å². The van der Waals surface area contributed by atoms with E-state index in [2.05, 4.69) is 57.7 Å². The fourth-order valence-corrected chi connectivity index (χ4v) is 8.22. The fourth-order valence-electron chi connectivity index (χ4n) is 7.83. The Hall–Kier alpha value is -8.82. The molecule has 0 fully saturated rings. The zero-order valence-corrected chi connectivity index (χ0v) is 49.1. The number of unbranched alkanes of at least 4 members (excludes halogenated alkanes) is 1. The van der Waals surface area contributed by atoms with E-state index >= 15 is 0 Å². The monoisotopic (exact) mass is 1250 g/mol. The molecule has 0 saturated carbocycles. The quantitative estimate of drug-likeness (QED) is 0.0220. The summed E-state index contributed by atoms with van der Waals surface area (Å²) >= 11 is 0. The number of carbonyl (C=O) groups is 13. The molecule has 0 aromatic heterocycles. The lowest BCUT2D eigenvalue weighted by atomic mass is 10.00. The number of phenolic OH excluding ortho intramolecular Hbond substituents is 1. The summed E-state index contributed by atoms with van der Waals surface area (Å²) in [7, 11) is -4.95. The number of nitrogens with two attached hydrogens (primary N) is 3. The number of rotatable bonds is 38. The van der Waals surface area contributed by atoms with Crippen molar-refractivity contribution in [3.63, 3.8) is 0 Å². The third-order valence-corrected chi connectivity index (χ3v) is 12.9. The van der Waals surface area contributed by atoms with Gasteiger partial charge in [0.15, 0.2) is 0 Å². The number of aromatic hydroxyl groups is 1. The van der Waals surface area contributed by atoms with E-state index in [-0.39, 0.29) is 49.3 Å². The minimum atomic E-state index is -4.95. The molecular formula is C52H78N13O21P. The molecule has 11 amide bonds. The largest absolute Gasteiger partial charge is 0.524 e. The smallest absolute Gasteiger partial charge is 0.508 e. The maximum Gasteiger partial charge on any atom is 0.524 e. The third-order valence-electron chi connectivity index (χ3n) is 12.5. The molecule has 0 aliphatic rings. The number of nitrogens with one attached hydrogen (secondary N) is 10. The lowest BCUT2D eigenvalue weighted by Crippen LogP contribution is -2.60. The second-order valence-corrected chi connectivity index (χ2v) is 21.5. The molecule has 22 N–H and O–H groups in total. The SMILES string of the molecule is CC(C)[C@H](NC(=O)[C@H](CC(N)=O)NC(=O)[C@H](Cc1ccc(O)cc1)NC(=O)CNC(=O)[C@H](CCC(=O)O)NC(=O)[C@H](CCCCN)NC(=O)[C@H](C)NC(=O)[C@@H](NC(=O)[C@H](C)N)[C@@H](C)O)C(=O)N[C@@H](Cc1ccc(OP(=O)(O)O)cc1)C(=O)NCC(=O)O. The number of carboxylic acids is 2. The average Bonchev–Trinajstić information content (AvgIpc) is 2.74. The molecule has 0 spiro atoms. The van der Waals surface area contributed by atoms with Crippen molar-refractivity contribution < 1.29 is 102 Å². The van der Waals surface area contributed by atoms with Crippen molar-refractivity contribution >= 4 is 84.7 Å². The van der Waals surface area contributed by atoms with Crippen molar-refractivity contribution in [1.82, 2.24) is 53.2 Å². The summed E-state index contributed by atoms with van der Waals surface area (Å²) in [6, 6.07) is -3.66. The Bertz CT molecular complexity index is 2800. The van der Waals surface area contributed by atoms with Gasteiger partial charge in [0, 0.05) is 19.3 Å². The van der Waals surface area contributed by atoms with Crippen molar-refractivity contribution in [1.29, 1.82) is 0 Å². The Morgan fingerprint density at radius 1 is 0.540 bits per heavy atom. The summed E-state index contributed by atoms with van der Waals surface area (Å²) < 4.78 is 15.8. The third kappa shape index (κ3) is 28.3. The molecule has 0 aliphatic heterocycles. The molecule has 482 valence electrons. The summed E-state index contributed by atoms with van der Waals surface area (Å²) in [5.41, 5.74) is 17.2. The highest BCUT2D eigenvalue weighted by Crippen LogP contribution is 2.37. The first-order valence-electron chi connectivity index (χ1n) is 27.1. The van der Waals surface area contributed by atoms with Crippen LogP contribution in [0.2, 0.25) is 0 Å². The van der Waals surface area contributed by atoms with Gasteiger partial charge in [-0.3, -0.25) is 72.1 Å². The first-order valence-corrected chi connectivity index (χ1v) is 28.6. The minimum absolute atomic E-state index is 0.0902. The number of amides is 11. The first-order chi connectivity index (χ1) is 40.6. The van der Waals surface area contributed by atoms with E-state index in [1.165, 1.54) is 71.0 Å². The van der Waals surface area contributed by atoms with Crippen LogP contribution < -0.4 is 74.9 Å². The van der Waals surface area contributed by atoms with Crippen molar-refractivity contribution in [2.45, 2.75) is 146 Å².